The molecule has 3 heterocycles. The minimum Gasteiger partial charge on any atom is -0.474 e. The van der Waals surface area contributed by atoms with E-state index in [-0.39, 0.29) is 46.8 Å². The van der Waals surface area contributed by atoms with Gasteiger partial charge in [-0.25, -0.2) is 27.6 Å². The fourth-order valence-corrected chi connectivity index (χ4v) is 4.76. The van der Waals surface area contributed by atoms with Crippen LogP contribution < -0.4 is 10.1 Å². The number of morpholine rings is 1. The van der Waals surface area contributed by atoms with Gasteiger partial charge in [-0.3, -0.25) is 4.90 Å². The molecule has 184 valence electrons. The Morgan fingerprint density at radius 2 is 1.91 bits per heavy atom. The highest BCUT2D eigenvalue weighted by atomic mass is 32.2. The first-order valence-corrected chi connectivity index (χ1v) is 12.8. The van der Waals surface area contributed by atoms with Crippen LogP contribution in [0.4, 0.5) is 20.7 Å². The zero-order chi connectivity index (χ0) is 24.5. The molecule has 12 heteroatoms. The lowest BCUT2D eigenvalue weighted by Crippen LogP contribution is -2.61. The summed E-state index contributed by atoms with van der Waals surface area (Å²) in [7, 11) is -3.51. The summed E-state index contributed by atoms with van der Waals surface area (Å²) in [5.74, 6) is -0.136. The molecule has 2 aromatic rings. The van der Waals surface area contributed by atoms with Crippen LogP contribution in [-0.2, 0) is 19.3 Å². The number of rotatable bonds is 6. The number of carbonyl (C=O) groups excluding carboxylic acids is 1. The molecule has 1 aromatic heterocycles. The number of anilines is 2. The number of sulfone groups is 1. The van der Waals surface area contributed by atoms with Gasteiger partial charge in [0, 0.05) is 25.2 Å². The maximum Gasteiger partial charge on any atom is 0.410 e. The van der Waals surface area contributed by atoms with Crippen molar-refractivity contribution in [2.45, 2.75) is 55.9 Å². The molecule has 2 atom stereocenters. The number of fused-ring (bicyclic) bond motifs is 2. The second-order valence-electron chi connectivity index (χ2n) is 8.68. The van der Waals surface area contributed by atoms with Crippen LogP contribution in [0.2, 0.25) is 0 Å². The number of hydrogen-bond acceptors (Lipinski definition) is 9. The van der Waals surface area contributed by atoms with Gasteiger partial charge < -0.3 is 19.5 Å². The Kier molecular flexibility index (Phi) is 6.89. The van der Waals surface area contributed by atoms with Crippen LogP contribution in [0.25, 0.3) is 0 Å². The highest BCUT2D eigenvalue weighted by Gasteiger charge is 2.43. The number of carbonyl (C=O) groups is 1. The zero-order valence-electron chi connectivity index (χ0n) is 19.1. The molecule has 0 saturated carbocycles. The van der Waals surface area contributed by atoms with Crippen LogP contribution in [-0.4, -0.2) is 73.1 Å². The second-order valence-corrected chi connectivity index (χ2v) is 10.7. The summed E-state index contributed by atoms with van der Waals surface area (Å²) in [4.78, 5) is 22.4. The number of hydrogen-bond donors (Lipinski definition) is 1. The van der Waals surface area contributed by atoms with Crippen LogP contribution in [0.5, 0.6) is 5.88 Å². The summed E-state index contributed by atoms with van der Waals surface area (Å²) in [6, 6.07) is 4.82. The molecule has 10 nitrogen and oxygen atoms in total. The molecule has 1 amide bonds. The molecule has 1 aromatic carbocycles. The molecule has 2 saturated heterocycles. The van der Waals surface area contributed by atoms with Crippen LogP contribution in [0.3, 0.4) is 0 Å². The normalized spacial score (nSPS) is 22.4. The van der Waals surface area contributed by atoms with E-state index in [0.717, 1.165) is 12.3 Å². The van der Waals surface area contributed by atoms with E-state index in [1.54, 1.807) is 4.90 Å². The maximum absolute atomic E-state index is 14.4. The number of nitrogens with zero attached hydrogens (tertiary/aromatic N) is 3. The molecule has 4 rings (SSSR count). The largest absolute Gasteiger partial charge is 0.474 e. The summed E-state index contributed by atoms with van der Waals surface area (Å²) in [6.07, 6.45) is 2.67. The summed E-state index contributed by atoms with van der Waals surface area (Å²) in [6.45, 7) is 4.44. The highest BCUT2D eigenvalue weighted by Crippen LogP contribution is 2.31. The van der Waals surface area contributed by atoms with Crippen molar-refractivity contribution in [3.05, 3.63) is 36.4 Å². The molecule has 34 heavy (non-hydrogen) atoms. The maximum atomic E-state index is 14.4. The van der Waals surface area contributed by atoms with Gasteiger partial charge in [0.1, 0.15) is 24.1 Å². The highest BCUT2D eigenvalue weighted by molar-refractivity contribution is 7.90. The smallest absolute Gasteiger partial charge is 0.410 e. The van der Waals surface area contributed by atoms with E-state index < -0.39 is 15.7 Å². The monoisotopic (exact) mass is 494 g/mol. The van der Waals surface area contributed by atoms with Gasteiger partial charge in [0.15, 0.2) is 9.84 Å². The van der Waals surface area contributed by atoms with Gasteiger partial charge in [-0.05, 0) is 32.0 Å². The molecule has 0 aliphatic carbocycles. The van der Waals surface area contributed by atoms with E-state index in [9.17, 15) is 17.6 Å². The molecule has 2 aliphatic heterocycles. The molecule has 2 fully saturated rings. The van der Waals surface area contributed by atoms with Gasteiger partial charge in [0.05, 0.1) is 42.0 Å². The van der Waals surface area contributed by atoms with E-state index in [2.05, 4.69) is 15.3 Å². The Bertz CT molecular complexity index is 1150. The van der Waals surface area contributed by atoms with Crippen LogP contribution in [0, 0.1) is 5.82 Å². The van der Waals surface area contributed by atoms with Crippen LogP contribution in [0.1, 0.15) is 26.7 Å². The van der Waals surface area contributed by atoms with E-state index >= 15 is 0 Å². The van der Waals surface area contributed by atoms with Crippen LogP contribution in [0.15, 0.2) is 35.5 Å². The molecule has 1 N–H and O–H groups in total. The first-order valence-electron chi connectivity index (χ1n) is 10.9. The molecule has 2 unspecified atom stereocenters. The van der Waals surface area contributed by atoms with E-state index in [4.69, 9.17) is 14.2 Å². The predicted molar refractivity (Wildman–Crippen MR) is 120 cm³/mol. The second kappa shape index (κ2) is 9.71. The Balaban J connectivity index is 1.43. The topological polar surface area (TPSA) is 120 Å². The number of halogens is 1. The average molecular weight is 495 g/mol. The first-order chi connectivity index (χ1) is 16.1. The molecular weight excluding hydrogens is 467 g/mol. The van der Waals surface area contributed by atoms with Crippen molar-refractivity contribution in [2.75, 3.05) is 24.8 Å². The number of amides is 1. The Morgan fingerprint density at radius 1 is 1.21 bits per heavy atom. The Morgan fingerprint density at radius 3 is 2.53 bits per heavy atom. The van der Waals surface area contributed by atoms with E-state index in [0.29, 0.717) is 31.9 Å². The van der Waals surface area contributed by atoms with Gasteiger partial charge in [-0.15, -0.1) is 0 Å². The molecule has 0 spiro atoms. The Labute approximate surface area is 197 Å². The average Bonchev–Trinajstić information content (AvgIpc) is 2.73. The van der Waals surface area contributed by atoms with Gasteiger partial charge in [0.25, 0.3) is 0 Å². The van der Waals surface area contributed by atoms with Crippen LogP contribution >= 0.6 is 0 Å². The van der Waals surface area contributed by atoms with E-state index in [1.807, 2.05) is 13.8 Å². The zero-order valence-corrected chi connectivity index (χ0v) is 19.9. The molecule has 0 radical (unpaired) electrons. The number of benzene rings is 1. The minimum atomic E-state index is -3.51. The Hall–Kier alpha value is -2.99. The summed E-state index contributed by atoms with van der Waals surface area (Å²) < 4.78 is 54.7. The van der Waals surface area contributed by atoms with Crippen molar-refractivity contribution in [1.82, 2.24) is 14.9 Å². The van der Waals surface area contributed by atoms with Crippen molar-refractivity contribution >= 4 is 27.4 Å². The molecule has 2 aliphatic rings. The summed E-state index contributed by atoms with van der Waals surface area (Å²) in [5.41, 5.74) is 0.0701. The number of aromatic nitrogens is 2. The van der Waals surface area contributed by atoms with Gasteiger partial charge in [-0.1, -0.05) is 0 Å². The SMILES string of the molecule is CC(C)OC(=O)N1C2COCC1CC(Oc1cc(Nc3ccc(S(C)(=O)=O)cc3F)ncn1)C2. The fraction of sp³-hybridized carbons (Fsp3) is 0.500. The summed E-state index contributed by atoms with van der Waals surface area (Å²) >= 11 is 0. The lowest BCUT2D eigenvalue weighted by molar-refractivity contribution is -0.0933. The summed E-state index contributed by atoms with van der Waals surface area (Å²) in [5, 5.41) is 2.82. The number of nitrogens with one attached hydrogen (secondary N) is 1. The lowest BCUT2D eigenvalue weighted by atomic mass is 9.92. The third-order valence-corrected chi connectivity index (χ3v) is 6.70. The lowest BCUT2D eigenvalue weighted by Gasteiger charge is -2.47. The standard InChI is InChI=1S/C22H27FN4O6S/c1-13(2)32-22(28)27-14-6-16(7-15(27)11-31-10-14)33-21-9-20(24-12-25-21)26-19-5-4-17(8-18(19)23)34(3,29)30/h4-5,8-9,12-16H,6-7,10-11H2,1-3H3,(H,24,25,26). The number of piperidine rings is 1. The van der Waals surface area contributed by atoms with Gasteiger partial charge in [0.2, 0.25) is 5.88 Å². The fourth-order valence-electron chi connectivity index (χ4n) is 4.13. The van der Waals surface area contributed by atoms with Gasteiger partial charge >= 0.3 is 6.09 Å². The quantitative estimate of drug-likeness (QED) is 0.646. The van der Waals surface area contributed by atoms with Crippen molar-refractivity contribution in [2.24, 2.45) is 0 Å². The van der Waals surface area contributed by atoms with Crippen molar-refractivity contribution in [3.63, 3.8) is 0 Å². The molecular formula is C22H27FN4O6S. The van der Waals surface area contributed by atoms with Gasteiger partial charge in [-0.2, -0.15) is 0 Å². The van der Waals surface area contributed by atoms with E-state index in [1.165, 1.54) is 24.5 Å². The third-order valence-electron chi connectivity index (χ3n) is 5.59. The minimum absolute atomic E-state index is 0.0701. The first kappa shape index (κ1) is 24.1. The predicted octanol–water partition coefficient (Wildman–Crippen LogP) is 2.92. The third kappa shape index (κ3) is 5.55. The van der Waals surface area contributed by atoms with Crippen molar-refractivity contribution < 1.29 is 31.8 Å². The van der Waals surface area contributed by atoms with Crippen molar-refractivity contribution in [3.8, 4) is 5.88 Å². The van der Waals surface area contributed by atoms with Crippen molar-refractivity contribution in [1.29, 1.82) is 0 Å². The molecule has 2 bridgehead atoms. The number of ether oxygens (including phenoxy) is 3.